The molecule has 0 radical (unpaired) electrons. The number of thioether (sulfide) groups is 1. The number of anilines is 1. The Labute approximate surface area is 253 Å². The molecule has 1 amide bonds. The van der Waals surface area contributed by atoms with Crippen LogP contribution in [0.1, 0.15) is 87.8 Å². The summed E-state index contributed by atoms with van der Waals surface area (Å²) in [5, 5.41) is 3.37. The quantitative estimate of drug-likeness (QED) is 0.104. The fourth-order valence-electron chi connectivity index (χ4n) is 5.13. The van der Waals surface area contributed by atoms with Gasteiger partial charge >= 0.3 is 0 Å². The molecule has 6 nitrogen and oxygen atoms in total. The average Bonchev–Trinajstić information content (AvgIpc) is 3.24. The van der Waals surface area contributed by atoms with Crippen LogP contribution in [0.3, 0.4) is 0 Å². The van der Waals surface area contributed by atoms with E-state index in [1.165, 1.54) is 68.7 Å². The van der Waals surface area contributed by atoms with Crippen LogP contribution in [0.15, 0.2) is 58.4 Å². The fraction of sp³-hybridized carbons (Fsp3) is 0.455. The second kappa shape index (κ2) is 15.9. The number of aryl methyl sites for hydroxylation is 1. The van der Waals surface area contributed by atoms with E-state index in [9.17, 15) is 9.59 Å². The molecule has 0 aliphatic carbocycles. The predicted molar refractivity (Wildman–Crippen MR) is 177 cm³/mol. The molecule has 1 fully saturated rings. The highest BCUT2D eigenvalue weighted by Crippen LogP contribution is 2.33. The van der Waals surface area contributed by atoms with Gasteiger partial charge in [-0.15, -0.1) is 0 Å². The van der Waals surface area contributed by atoms with Crippen molar-refractivity contribution in [1.82, 2.24) is 14.3 Å². The molecule has 41 heavy (non-hydrogen) atoms. The van der Waals surface area contributed by atoms with Gasteiger partial charge in [-0.05, 0) is 43.0 Å². The molecule has 1 aromatic carbocycles. The molecule has 1 saturated heterocycles. The maximum Gasteiger partial charge on any atom is 0.267 e. The Balaban J connectivity index is 1.42. The molecule has 0 saturated carbocycles. The monoisotopic (exact) mass is 590 g/mol. The van der Waals surface area contributed by atoms with Crippen molar-refractivity contribution < 1.29 is 4.79 Å². The van der Waals surface area contributed by atoms with Gasteiger partial charge in [0, 0.05) is 19.3 Å². The highest BCUT2D eigenvalue weighted by Gasteiger charge is 2.32. The molecule has 4 rings (SSSR count). The zero-order chi connectivity index (χ0) is 29.0. The molecule has 3 aromatic rings. The SMILES string of the molecule is CCCCCCCCCCCCN1C(=O)/C(=C\c2c(NCCc3ccccc3)nc3c(C)cccn3c2=O)SC1=S. The van der Waals surface area contributed by atoms with E-state index in [1.54, 1.807) is 21.6 Å². The fourth-order valence-corrected chi connectivity index (χ4v) is 6.42. The number of aromatic nitrogens is 2. The zero-order valence-corrected chi connectivity index (χ0v) is 26.0. The minimum atomic E-state index is -0.208. The molecular formula is C33H42N4O2S2. The van der Waals surface area contributed by atoms with Gasteiger partial charge in [0.15, 0.2) is 0 Å². The highest BCUT2D eigenvalue weighted by atomic mass is 32.2. The van der Waals surface area contributed by atoms with Crippen molar-refractivity contribution in [3.8, 4) is 0 Å². The number of hydrogen-bond donors (Lipinski definition) is 1. The molecule has 1 N–H and O–H groups in total. The number of carbonyl (C=O) groups is 1. The van der Waals surface area contributed by atoms with Crippen LogP contribution in [0.5, 0.6) is 0 Å². The molecule has 8 heteroatoms. The second-order valence-electron chi connectivity index (χ2n) is 10.7. The number of benzene rings is 1. The summed E-state index contributed by atoms with van der Waals surface area (Å²) in [7, 11) is 0. The molecule has 218 valence electrons. The molecule has 0 atom stereocenters. The van der Waals surface area contributed by atoms with E-state index in [0.29, 0.717) is 39.3 Å². The first kappa shape index (κ1) is 31.0. The van der Waals surface area contributed by atoms with Crippen molar-refractivity contribution in [3.05, 3.63) is 80.6 Å². The lowest BCUT2D eigenvalue weighted by Crippen LogP contribution is -2.29. The topological polar surface area (TPSA) is 66.7 Å². The number of pyridine rings is 1. The third-order valence-corrected chi connectivity index (χ3v) is 8.90. The number of nitrogens with one attached hydrogen (secondary N) is 1. The summed E-state index contributed by atoms with van der Waals surface area (Å²) in [6.45, 7) is 5.42. The van der Waals surface area contributed by atoms with Gasteiger partial charge < -0.3 is 5.32 Å². The largest absolute Gasteiger partial charge is 0.369 e. The molecule has 2 aromatic heterocycles. The standard InChI is InChI=1S/C33H42N4O2S2/c1-3-4-5-6-7-8-9-10-11-15-22-37-32(39)28(41-33(37)40)24-27-29(34-21-20-26-18-13-12-14-19-26)35-30-25(2)17-16-23-36(30)31(27)38/h12-14,16-19,23-24,34H,3-11,15,20-22H2,1-2H3/b28-24+. The maximum absolute atomic E-state index is 13.6. The number of amides is 1. The number of hydrogen-bond acceptors (Lipinski definition) is 6. The van der Waals surface area contributed by atoms with Gasteiger partial charge in [0.05, 0.1) is 10.5 Å². The van der Waals surface area contributed by atoms with Gasteiger partial charge in [0.25, 0.3) is 11.5 Å². The number of rotatable bonds is 16. The summed E-state index contributed by atoms with van der Waals surface area (Å²) in [6, 6.07) is 14.0. The minimum absolute atomic E-state index is 0.125. The lowest BCUT2D eigenvalue weighted by atomic mass is 10.1. The summed E-state index contributed by atoms with van der Waals surface area (Å²) >= 11 is 6.85. The first-order valence-corrected chi connectivity index (χ1v) is 16.3. The predicted octanol–water partition coefficient (Wildman–Crippen LogP) is 7.78. The summed E-state index contributed by atoms with van der Waals surface area (Å²) < 4.78 is 2.11. The molecule has 1 aliphatic rings. The summed E-state index contributed by atoms with van der Waals surface area (Å²) in [6.07, 6.45) is 16.6. The van der Waals surface area contributed by atoms with Crippen molar-refractivity contribution in [1.29, 1.82) is 0 Å². The van der Waals surface area contributed by atoms with E-state index < -0.39 is 0 Å². The van der Waals surface area contributed by atoms with Crippen molar-refractivity contribution in [3.63, 3.8) is 0 Å². The smallest absolute Gasteiger partial charge is 0.267 e. The normalized spacial score (nSPS) is 14.5. The lowest BCUT2D eigenvalue weighted by molar-refractivity contribution is -0.122. The van der Waals surface area contributed by atoms with E-state index in [-0.39, 0.29) is 11.5 Å². The zero-order valence-electron chi connectivity index (χ0n) is 24.4. The van der Waals surface area contributed by atoms with E-state index in [4.69, 9.17) is 17.2 Å². The first-order valence-electron chi connectivity index (χ1n) is 15.0. The van der Waals surface area contributed by atoms with Crippen LogP contribution >= 0.6 is 24.0 Å². The molecule has 0 unspecified atom stereocenters. The van der Waals surface area contributed by atoms with Crippen molar-refractivity contribution in [2.75, 3.05) is 18.4 Å². The van der Waals surface area contributed by atoms with Crippen molar-refractivity contribution in [2.45, 2.75) is 84.5 Å². The van der Waals surface area contributed by atoms with Crippen molar-refractivity contribution >= 4 is 51.7 Å². The molecule has 1 aliphatic heterocycles. The van der Waals surface area contributed by atoms with Crippen LogP contribution < -0.4 is 10.9 Å². The van der Waals surface area contributed by atoms with E-state index >= 15 is 0 Å². The summed E-state index contributed by atoms with van der Waals surface area (Å²) in [5.74, 6) is 0.361. The molecule has 0 spiro atoms. The van der Waals surface area contributed by atoms with E-state index in [1.807, 2.05) is 37.3 Å². The first-order chi connectivity index (χ1) is 20.0. The minimum Gasteiger partial charge on any atom is -0.369 e. The maximum atomic E-state index is 13.6. The Morgan fingerprint density at radius 2 is 1.61 bits per heavy atom. The Kier molecular flexibility index (Phi) is 12.0. The number of fused-ring (bicyclic) bond motifs is 1. The number of nitrogens with zero attached hydrogens (tertiary/aromatic N) is 3. The van der Waals surface area contributed by atoms with Gasteiger partial charge in [-0.1, -0.05) is 125 Å². The van der Waals surface area contributed by atoms with Crippen molar-refractivity contribution in [2.24, 2.45) is 0 Å². The Morgan fingerprint density at radius 1 is 0.927 bits per heavy atom. The molecule has 0 bridgehead atoms. The van der Waals surface area contributed by atoms with Crippen LogP contribution in [0.2, 0.25) is 0 Å². The highest BCUT2D eigenvalue weighted by molar-refractivity contribution is 8.26. The van der Waals surface area contributed by atoms with Gasteiger partial charge in [0.2, 0.25) is 0 Å². The van der Waals surface area contributed by atoms with Gasteiger partial charge in [-0.2, -0.15) is 0 Å². The average molecular weight is 591 g/mol. The number of thiocarbonyl (C=S) groups is 1. The van der Waals surface area contributed by atoms with Crippen LogP contribution in [-0.2, 0) is 11.2 Å². The summed E-state index contributed by atoms with van der Waals surface area (Å²) in [5.41, 5.74) is 2.88. The Bertz CT molecular complexity index is 1420. The van der Waals surface area contributed by atoms with E-state index in [2.05, 4.69) is 24.4 Å². The Hall–Kier alpha value is -2.97. The van der Waals surface area contributed by atoms with Crippen LogP contribution in [-0.4, -0.2) is 37.6 Å². The number of unbranched alkanes of at least 4 members (excludes halogenated alkanes) is 9. The molecule has 3 heterocycles. The molecular weight excluding hydrogens is 549 g/mol. The second-order valence-corrected chi connectivity index (χ2v) is 12.4. The number of carbonyl (C=O) groups excluding carboxylic acids is 1. The van der Waals surface area contributed by atoms with Gasteiger partial charge in [0.1, 0.15) is 15.8 Å². The third-order valence-electron chi connectivity index (χ3n) is 7.52. The Morgan fingerprint density at radius 3 is 2.32 bits per heavy atom. The van der Waals surface area contributed by atoms with Crippen LogP contribution in [0.4, 0.5) is 5.82 Å². The lowest BCUT2D eigenvalue weighted by Gasteiger charge is -2.14. The van der Waals surface area contributed by atoms with E-state index in [0.717, 1.165) is 24.8 Å². The third kappa shape index (κ3) is 8.52. The summed E-state index contributed by atoms with van der Waals surface area (Å²) in [4.78, 5) is 34.0. The van der Waals surface area contributed by atoms with Gasteiger partial charge in [-0.25, -0.2) is 4.98 Å². The van der Waals surface area contributed by atoms with Gasteiger partial charge in [-0.3, -0.25) is 18.9 Å². The van der Waals surface area contributed by atoms with Crippen LogP contribution in [0, 0.1) is 6.92 Å². The van der Waals surface area contributed by atoms with Crippen LogP contribution in [0.25, 0.3) is 11.7 Å².